The quantitative estimate of drug-likeness (QED) is 0.232. The number of methoxy groups -OCH3 is 3. The van der Waals surface area contributed by atoms with Crippen LogP contribution in [0.25, 0.3) is 21.8 Å². The first-order chi connectivity index (χ1) is 25.7. The second kappa shape index (κ2) is 12.6. The first kappa shape index (κ1) is 34.5. The Bertz CT molecular complexity index is 2140. The Morgan fingerprint density at radius 2 is 1.74 bits per heavy atom. The van der Waals surface area contributed by atoms with Gasteiger partial charge in [-0.25, -0.2) is 0 Å². The second-order valence-electron chi connectivity index (χ2n) is 16.6. The lowest BCUT2D eigenvalue weighted by molar-refractivity contribution is -0.172. The third kappa shape index (κ3) is 4.76. The molecule has 6 bridgehead atoms. The number of rotatable bonds is 6. The molecule has 10 nitrogen and oxygen atoms in total. The van der Waals surface area contributed by atoms with Gasteiger partial charge in [-0.2, -0.15) is 0 Å². The van der Waals surface area contributed by atoms with Crippen molar-refractivity contribution in [3.63, 3.8) is 0 Å². The van der Waals surface area contributed by atoms with Gasteiger partial charge in [-0.05, 0) is 80.2 Å². The molecule has 0 radical (unpaired) electrons. The Morgan fingerprint density at radius 3 is 2.47 bits per heavy atom. The minimum absolute atomic E-state index is 0.0211. The summed E-state index contributed by atoms with van der Waals surface area (Å²) in [6.07, 6.45) is 5.28. The monoisotopic (exact) mass is 720 g/mol. The number of ether oxygens (including phenoxy) is 3. The average Bonchev–Trinajstić information content (AvgIpc) is 3.69. The predicted molar refractivity (Wildman–Crippen MR) is 202 cm³/mol. The molecule has 280 valence electrons. The first-order valence-electron chi connectivity index (χ1n) is 19.7. The molecule has 1 saturated carbocycles. The van der Waals surface area contributed by atoms with Crippen molar-refractivity contribution in [1.82, 2.24) is 19.8 Å². The number of carbonyl (C=O) groups excluding carboxylic acids is 3. The summed E-state index contributed by atoms with van der Waals surface area (Å²) in [6.45, 7) is 5.91. The van der Waals surface area contributed by atoms with E-state index in [-0.39, 0.29) is 59.5 Å². The van der Waals surface area contributed by atoms with Crippen molar-refractivity contribution in [2.24, 2.45) is 29.6 Å². The molecule has 2 aromatic heterocycles. The molecule has 3 unspecified atom stereocenters. The van der Waals surface area contributed by atoms with Crippen molar-refractivity contribution in [2.75, 3.05) is 41.5 Å². The predicted octanol–water partition coefficient (Wildman–Crippen LogP) is 6.10. The number of amides is 1. The molecular formula is C43H52N4O6. The van der Waals surface area contributed by atoms with E-state index >= 15 is 0 Å². The molecule has 2 N–H and O–H groups in total. The van der Waals surface area contributed by atoms with Crippen molar-refractivity contribution in [1.29, 1.82) is 0 Å². The number of aromatic nitrogens is 2. The van der Waals surface area contributed by atoms with E-state index in [0.29, 0.717) is 25.3 Å². The van der Waals surface area contributed by atoms with E-state index in [1.807, 2.05) is 4.90 Å². The number of aromatic amines is 2. The normalized spacial score (nSPS) is 32.1. The van der Waals surface area contributed by atoms with Crippen LogP contribution in [0.4, 0.5) is 0 Å². The highest BCUT2D eigenvalue weighted by Crippen LogP contribution is 2.57. The highest BCUT2D eigenvalue weighted by Gasteiger charge is 2.65. The number of nitrogens with zero attached hydrogens (tertiary/aromatic N) is 2. The fraction of sp³-hybridized carbons (Fsp3) is 0.558. The molecule has 2 aliphatic carbocycles. The van der Waals surface area contributed by atoms with Crippen molar-refractivity contribution in [3.8, 4) is 5.75 Å². The van der Waals surface area contributed by atoms with E-state index in [1.54, 1.807) is 7.11 Å². The van der Waals surface area contributed by atoms with Gasteiger partial charge < -0.3 is 34.0 Å². The number of esters is 2. The van der Waals surface area contributed by atoms with Crippen molar-refractivity contribution in [3.05, 3.63) is 64.5 Å². The number of nitrogens with one attached hydrogen (secondary N) is 2. The summed E-state index contributed by atoms with van der Waals surface area (Å²) in [5, 5.41) is 2.24. The summed E-state index contributed by atoms with van der Waals surface area (Å²) in [5.41, 5.74) is 6.53. The van der Waals surface area contributed by atoms with Crippen LogP contribution in [-0.2, 0) is 42.1 Å². The van der Waals surface area contributed by atoms with Crippen LogP contribution < -0.4 is 4.74 Å². The van der Waals surface area contributed by atoms with Gasteiger partial charge in [-0.15, -0.1) is 0 Å². The topological polar surface area (TPSA) is 117 Å². The lowest BCUT2D eigenvalue weighted by atomic mass is 9.56. The highest BCUT2D eigenvalue weighted by atomic mass is 16.5. The molecular weight excluding hydrogens is 668 g/mol. The molecule has 6 aliphatic rings. The van der Waals surface area contributed by atoms with E-state index < -0.39 is 5.41 Å². The number of H-pyrrole nitrogens is 2. The van der Waals surface area contributed by atoms with Crippen molar-refractivity contribution >= 4 is 39.7 Å². The molecule has 10 heteroatoms. The van der Waals surface area contributed by atoms with E-state index in [9.17, 15) is 14.4 Å². The minimum atomic E-state index is -0.958. The molecule has 0 spiro atoms. The maximum atomic E-state index is 14.2. The summed E-state index contributed by atoms with van der Waals surface area (Å²) >= 11 is 0. The third-order valence-corrected chi connectivity index (χ3v) is 14.5. The van der Waals surface area contributed by atoms with E-state index in [0.717, 1.165) is 77.6 Å². The molecule has 10 rings (SSSR count). The standard InChI is InChI=1S/C43H52N4O6/c1-7-22-15-24-20-43(42(50)53-6)38-26(13-14-47(39(22)43)40(24)48)28-17-29(35(51-4)19-33(28)45-38)30-16-27-23(8-2)21-46(3)34(36(27)41(49)52-5)18-31-25-11-9-10-12-32(25)44-37(30)31/h9-12,17,19,22-24,27,30,34,36,39,44-45H,7-8,13-16,18,20-21H2,1-6H3/t22-,23+,24+,27?,30+,34?,36?,39-,43+/m0/s1. The molecule has 3 saturated heterocycles. The molecule has 1 amide bonds. The molecule has 9 atom stereocenters. The second-order valence-corrected chi connectivity index (χ2v) is 16.6. The number of carbonyl (C=O) groups is 3. The fourth-order valence-corrected chi connectivity index (χ4v) is 12.2. The van der Waals surface area contributed by atoms with Crippen LogP contribution in [0.15, 0.2) is 36.4 Å². The Labute approximate surface area is 310 Å². The molecule has 2 aromatic carbocycles. The number of likely N-dealkylation sites (N-methyl/N-ethyl adjacent to an activating group) is 1. The molecule has 6 heterocycles. The number of piperidine rings is 3. The zero-order chi connectivity index (χ0) is 36.9. The molecule has 4 aromatic rings. The summed E-state index contributed by atoms with van der Waals surface area (Å²) in [7, 11) is 6.90. The van der Waals surface area contributed by atoms with Crippen molar-refractivity contribution in [2.45, 2.75) is 82.2 Å². The zero-order valence-corrected chi connectivity index (χ0v) is 31.8. The van der Waals surface area contributed by atoms with Crippen LogP contribution in [0.5, 0.6) is 5.75 Å². The van der Waals surface area contributed by atoms with Gasteiger partial charge >= 0.3 is 11.9 Å². The van der Waals surface area contributed by atoms with Crippen LogP contribution >= 0.6 is 0 Å². The van der Waals surface area contributed by atoms with Gasteiger partial charge in [0.25, 0.3) is 0 Å². The maximum absolute atomic E-state index is 14.2. The van der Waals surface area contributed by atoms with Crippen molar-refractivity contribution < 1.29 is 28.6 Å². The highest BCUT2D eigenvalue weighted by molar-refractivity contribution is 5.96. The fourth-order valence-electron chi connectivity index (χ4n) is 12.2. The molecule has 4 aliphatic heterocycles. The summed E-state index contributed by atoms with van der Waals surface area (Å²) in [4.78, 5) is 53.9. The number of benzene rings is 2. The van der Waals surface area contributed by atoms with Gasteiger partial charge in [0.1, 0.15) is 11.2 Å². The Hall–Kier alpha value is -4.31. The number of likely N-dealkylation sites (tertiary alicyclic amines) is 1. The van der Waals surface area contributed by atoms with Crippen LogP contribution in [0, 0.1) is 29.6 Å². The van der Waals surface area contributed by atoms with Crippen LogP contribution in [0.1, 0.15) is 79.9 Å². The maximum Gasteiger partial charge on any atom is 0.319 e. The van der Waals surface area contributed by atoms with Gasteiger partial charge in [-0.3, -0.25) is 14.4 Å². The van der Waals surface area contributed by atoms with Gasteiger partial charge in [-0.1, -0.05) is 44.9 Å². The largest absolute Gasteiger partial charge is 0.496 e. The Balaban J connectivity index is 1.27. The van der Waals surface area contributed by atoms with Gasteiger partial charge in [0.05, 0.1) is 33.3 Å². The number of hydrogen-bond donors (Lipinski definition) is 2. The van der Waals surface area contributed by atoms with E-state index in [1.165, 1.54) is 30.9 Å². The summed E-state index contributed by atoms with van der Waals surface area (Å²) < 4.78 is 17.5. The lowest BCUT2D eigenvalue weighted by Crippen LogP contribution is -2.69. The molecule has 4 fully saturated rings. The number of hydrogen-bond acceptors (Lipinski definition) is 7. The van der Waals surface area contributed by atoms with Gasteiger partial charge in [0, 0.05) is 75.8 Å². The SMILES string of the molecule is CC[C@@H]1CN(C)C2Cc3c([nH]c4ccccc34)[C@@H](c3cc4c5c([nH]c4cc3OC)[C@]3(C(=O)OC)C[C@H]4C[C@H](CC)[C@@H]3N(CC5)C4=O)CC1C2C(=O)OC. The van der Waals surface area contributed by atoms with E-state index in [4.69, 9.17) is 14.2 Å². The van der Waals surface area contributed by atoms with E-state index in [2.05, 4.69) is 72.2 Å². The summed E-state index contributed by atoms with van der Waals surface area (Å²) in [5.74, 6) is 0.644. The van der Waals surface area contributed by atoms with Gasteiger partial charge in [0.15, 0.2) is 0 Å². The smallest absolute Gasteiger partial charge is 0.319 e. The average molecular weight is 721 g/mol. The van der Waals surface area contributed by atoms with Crippen LogP contribution in [0.2, 0.25) is 0 Å². The Kier molecular flexibility index (Phi) is 8.22. The molecule has 53 heavy (non-hydrogen) atoms. The number of para-hydroxylation sites is 1. The van der Waals surface area contributed by atoms with Crippen LogP contribution in [-0.4, -0.2) is 91.2 Å². The third-order valence-electron chi connectivity index (χ3n) is 14.5. The summed E-state index contributed by atoms with van der Waals surface area (Å²) in [6, 6.07) is 12.7. The first-order valence-corrected chi connectivity index (χ1v) is 19.7. The number of fused-ring (bicyclic) bond motifs is 9. The zero-order valence-electron chi connectivity index (χ0n) is 31.8. The van der Waals surface area contributed by atoms with Crippen LogP contribution in [0.3, 0.4) is 0 Å². The lowest BCUT2D eigenvalue weighted by Gasteiger charge is -2.57. The Morgan fingerprint density at radius 1 is 0.943 bits per heavy atom. The van der Waals surface area contributed by atoms with Gasteiger partial charge in [0.2, 0.25) is 5.91 Å². The minimum Gasteiger partial charge on any atom is -0.496 e.